The predicted octanol–water partition coefficient (Wildman–Crippen LogP) is 2.81. The molecule has 0 unspecified atom stereocenters. The predicted molar refractivity (Wildman–Crippen MR) is 59.6 cm³/mol. The van der Waals surface area contributed by atoms with Crippen molar-refractivity contribution in [2.24, 2.45) is 5.41 Å². The summed E-state index contributed by atoms with van der Waals surface area (Å²) in [6.45, 7) is 9.76. The van der Waals surface area contributed by atoms with Crippen LogP contribution in [0, 0.1) is 16.7 Å². The Kier molecular flexibility index (Phi) is 6.02. The van der Waals surface area contributed by atoms with Crippen LogP contribution in [0.1, 0.15) is 26.7 Å². The number of nitriles is 1. The molecule has 0 bridgehead atoms. The summed E-state index contributed by atoms with van der Waals surface area (Å²) in [5, 5.41) is 11.7. The zero-order valence-corrected chi connectivity index (χ0v) is 9.95. The molecule has 0 aliphatic heterocycles. The van der Waals surface area contributed by atoms with Crippen molar-refractivity contribution in [3.05, 3.63) is 11.1 Å². The molecule has 0 aliphatic carbocycles. The second-order valence-electron chi connectivity index (χ2n) is 3.94. The Labute approximate surface area is 89.1 Å². The fraction of sp³-hybridized carbons (Fsp3) is 0.700. The van der Waals surface area contributed by atoms with E-state index in [1.165, 1.54) is 0 Å². The van der Waals surface area contributed by atoms with Gasteiger partial charge in [0.05, 0.1) is 6.07 Å². The van der Waals surface area contributed by atoms with Crippen LogP contribution in [0.15, 0.2) is 11.1 Å². The second-order valence-corrected chi connectivity index (χ2v) is 5.06. The fourth-order valence-electron chi connectivity index (χ4n) is 1.02. The Morgan fingerprint density at radius 1 is 1.62 bits per heavy atom. The van der Waals surface area contributed by atoms with Crippen molar-refractivity contribution in [1.29, 1.82) is 5.26 Å². The molecule has 1 N–H and O–H groups in total. The van der Waals surface area contributed by atoms with Crippen LogP contribution in [0.4, 0.5) is 0 Å². The van der Waals surface area contributed by atoms with Gasteiger partial charge in [0.1, 0.15) is 0 Å². The van der Waals surface area contributed by atoms with Crippen molar-refractivity contribution in [2.45, 2.75) is 26.7 Å². The van der Waals surface area contributed by atoms with E-state index in [0.29, 0.717) is 6.42 Å². The Bertz CT molecular complexity index is 203. The zero-order chi connectivity index (χ0) is 10.3. The van der Waals surface area contributed by atoms with Gasteiger partial charge in [-0.25, -0.2) is 0 Å². The molecular weight excluding hydrogens is 228 g/mol. The molecule has 0 spiro atoms. The van der Waals surface area contributed by atoms with Crippen molar-refractivity contribution in [2.75, 3.05) is 13.1 Å². The molecular formula is C10H17BrN2. The normalized spacial score (nSPS) is 10.9. The van der Waals surface area contributed by atoms with Crippen molar-refractivity contribution in [1.82, 2.24) is 5.32 Å². The lowest BCUT2D eigenvalue weighted by Crippen LogP contribution is -2.30. The first kappa shape index (κ1) is 12.7. The van der Waals surface area contributed by atoms with Gasteiger partial charge in [0.2, 0.25) is 0 Å². The first-order chi connectivity index (χ1) is 5.98. The second kappa shape index (κ2) is 6.17. The van der Waals surface area contributed by atoms with Gasteiger partial charge in [-0.3, -0.25) is 0 Å². The minimum absolute atomic E-state index is 0.193. The summed E-state index contributed by atoms with van der Waals surface area (Å²) in [5.74, 6) is 0. The smallest absolute Gasteiger partial charge is 0.0621 e. The van der Waals surface area contributed by atoms with Gasteiger partial charge in [-0.15, -0.1) is 0 Å². The van der Waals surface area contributed by atoms with Gasteiger partial charge in [-0.1, -0.05) is 36.4 Å². The van der Waals surface area contributed by atoms with E-state index in [2.05, 4.69) is 47.7 Å². The van der Waals surface area contributed by atoms with Gasteiger partial charge < -0.3 is 5.32 Å². The fourth-order valence-corrected chi connectivity index (χ4v) is 1.22. The van der Waals surface area contributed by atoms with Crippen LogP contribution in [0.3, 0.4) is 0 Å². The van der Waals surface area contributed by atoms with Gasteiger partial charge in [-0.05, 0) is 11.8 Å². The summed E-state index contributed by atoms with van der Waals surface area (Å²) >= 11 is 3.29. The highest BCUT2D eigenvalue weighted by molar-refractivity contribution is 9.11. The first-order valence-corrected chi connectivity index (χ1v) is 5.18. The lowest BCUT2D eigenvalue weighted by molar-refractivity contribution is 0.323. The van der Waals surface area contributed by atoms with Crippen LogP contribution < -0.4 is 5.32 Å². The third-order valence-electron chi connectivity index (χ3n) is 1.83. The molecule has 0 aromatic rings. The van der Waals surface area contributed by atoms with Gasteiger partial charge in [0, 0.05) is 24.0 Å². The highest BCUT2D eigenvalue weighted by Crippen LogP contribution is 2.20. The molecule has 0 atom stereocenters. The average molecular weight is 245 g/mol. The Hall–Kier alpha value is -0.330. The molecule has 0 aliphatic rings. The van der Waals surface area contributed by atoms with Crippen LogP contribution in [0.2, 0.25) is 0 Å². The minimum atomic E-state index is 0.193. The Morgan fingerprint density at radius 3 is 2.69 bits per heavy atom. The number of nitrogens with one attached hydrogen (secondary N) is 1. The number of hydrogen-bond acceptors (Lipinski definition) is 2. The topological polar surface area (TPSA) is 35.8 Å². The van der Waals surface area contributed by atoms with Gasteiger partial charge in [0.15, 0.2) is 0 Å². The maximum atomic E-state index is 8.45. The monoisotopic (exact) mass is 244 g/mol. The van der Waals surface area contributed by atoms with E-state index in [0.717, 1.165) is 24.0 Å². The molecule has 3 heteroatoms. The van der Waals surface area contributed by atoms with Crippen LogP contribution in [0.25, 0.3) is 0 Å². The van der Waals surface area contributed by atoms with E-state index >= 15 is 0 Å². The quantitative estimate of drug-likeness (QED) is 0.781. The molecule has 0 rings (SSSR count). The van der Waals surface area contributed by atoms with Crippen LogP contribution in [-0.2, 0) is 0 Å². The lowest BCUT2D eigenvalue weighted by Gasteiger charge is -2.23. The van der Waals surface area contributed by atoms with E-state index in [1.54, 1.807) is 0 Å². The van der Waals surface area contributed by atoms with Crippen LogP contribution in [-0.4, -0.2) is 13.1 Å². The van der Waals surface area contributed by atoms with E-state index < -0.39 is 0 Å². The first-order valence-electron chi connectivity index (χ1n) is 4.39. The molecule has 0 saturated heterocycles. The van der Waals surface area contributed by atoms with Crippen LogP contribution >= 0.6 is 15.9 Å². The van der Waals surface area contributed by atoms with Gasteiger partial charge >= 0.3 is 0 Å². The average Bonchev–Trinajstić information content (AvgIpc) is 2.00. The van der Waals surface area contributed by atoms with Crippen molar-refractivity contribution < 1.29 is 0 Å². The van der Waals surface area contributed by atoms with Crippen molar-refractivity contribution >= 4 is 15.9 Å². The molecule has 0 amide bonds. The number of hydrogen-bond donors (Lipinski definition) is 1. The highest BCUT2D eigenvalue weighted by Gasteiger charge is 2.16. The maximum absolute atomic E-state index is 8.45. The SMILES string of the molecule is C=C(Br)CNCC(C)(C)CCC#N. The lowest BCUT2D eigenvalue weighted by atomic mass is 9.88. The Morgan fingerprint density at radius 2 is 2.23 bits per heavy atom. The maximum Gasteiger partial charge on any atom is 0.0621 e. The standard InChI is InChI=1S/C10H17BrN2/c1-9(11)7-13-8-10(2,3)5-4-6-12/h13H,1,4-5,7-8H2,2-3H3. The Balaban J connectivity index is 3.63. The third-order valence-corrected chi connectivity index (χ3v) is 2.11. The van der Waals surface area contributed by atoms with E-state index in [4.69, 9.17) is 5.26 Å². The third kappa shape index (κ3) is 8.01. The van der Waals surface area contributed by atoms with Gasteiger partial charge in [0.25, 0.3) is 0 Å². The van der Waals surface area contributed by atoms with Crippen molar-refractivity contribution in [3.8, 4) is 6.07 Å². The molecule has 0 heterocycles. The van der Waals surface area contributed by atoms with Crippen LogP contribution in [0.5, 0.6) is 0 Å². The van der Waals surface area contributed by atoms with E-state index in [9.17, 15) is 0 Å². The summed E-state index contributed by atoms with van der Waals surface area (Å²) in [5.41, 5.74) is 0.193. The molecule has 0 aromatic heterocycles. The summed E-state index contributed by atoms with van der Waals surface area (Å²) in [6, 6.07) is 2.17. The van der Waals surface area contributed by atoms with E-state index in [1.807, 2.05) is 0 Å². The molecule has 13 heavy (non-hydrogen) atoms. The van der Waals surface area contributed by atoms with Crippen molar-refractivity contribution in [3.63, 3.8) is 0 Å². The molecule has 0 fully saturated rings. The molecule has 0 radical (unpaired) electrons. The van der Waals surface area contributed by atoms with Gasteiger partial charge in [-0.2, -0.15) is 5.26 Å². The highest BCUT2D eigenvalue weighted by atomic mass is 79.9. The summed E-state index contributed by atoms with van der Waals surface area (Å²) in [4.78, 5) is 0. The number of halogens is 1. The summed E-state index contributed by atoms with van der Waals surface area (Å²) < 4.78 is 0.962. The largest absolute Gasteiger partial charge is 0.312 e. The summed E-state index contributed by atoms with van der Waals surface area (Å²) in [7, 11) is 0. The minimum Gasteiger partial charge on any atom is -0.312 e. The number of nitrogens with zero attached hydrogens (tertiary/aromatic N) is 1. The molecule has 0 saturated carbocycles. The zero-order valence-electron chi connectivity index (χ0n) is 8.36. The molecule has 2 nitrogen and oxygen atoms in total. The molecule has 74 valence electrons. The molecule has 0 aromatic carbocycles. The summed E-state index contributed by atoms with van der Waals surface area (Å²) in [6.07, 6.45) is 1.56. The number of rotatable bonds is 6. The van der Waals surface area contributed by atoms with E-state index in [-0.39, 0.29) is 5.41 Å².